The number of hydrogen-bond donors (Lipinski definition) is 2. The van der Waals surface area contributed by atoms with Gasteiger partial charge >= 0.3 is 0 Å². The van der Waals surface area contributed by atoms with Gasteiger partial charge in [-0.25, -0.2) is 9.97 Å². The SMILES string of the molecule is N[C@@H]1CCCC[C@H]1Nc1ncc2ccccc2n1. The maximum atomic E-state index is 6.12. The van der Waals surface area contributed by atoms with Crippen molar-refractivity contribution in [2.75, 3.05) is 5.32 Å². The molecule has 2 aromatic rings. The summed E-state index contributed by atoms with van der Waals surface area (Å²) in [6.07, 6.45) is 6.53. The predicted molar refractivity (Wildman–Crippen MR) is 73.4 cm³/mol. The van der Waals surface area contributed by atoms with Crippen molar-refractivity contribution in [2.45, 2.75) is 37.8 Å². The second-order valence-electron chi connectivity index (χ2n) is 4.95. The Morgan fingerprint density at radius 1 is 1.17 bits per heavy atom. The molecular weight excluding hydrogens is 224 g/mol. The molecule has 0 radical (unpaired) electrons. The van der Waals surface area contributed by atoms with E-state index >= 15 is 0 Å². The summed E-state index contributed by atoms with van der Waals surface area (Å²) < 4.78 is 0. The van der Waals surface area contributed by atoms with Crippen molar-refractivity contribution in [1.82, 2.24) is 9.97 Å². The third kappa shape index (κ3) is 2.29. The third-order valence-electron chi connectivity index (χ3n) is 3.62. The van der Waals surface area contributed by atoms with Gasteiger partial charge in [0.2, 0.25) is 5.95 Å². The van der Waals surface area contributed by atoms with Crippen molar-refractivity contribution >= 4 is 16.9 Å². The number of rotatable bonds is 2. The Bertz CT molecular complexity index is 540. The van der Waals surface area contributed by atoms with Crippen LogP contribution in [0.25, 0.3) is 10.9 Å². The molecule has 3 N–H and O–H groups in total. The summed E-state index contributed by atoms with van der Waals surface area (Å²) in [5.41, 5.74) is 7.09. The molecule has 1 heterocycles. The molecule has 1 aliphatic carbocycles. The van der Waals surface area contributed by atoms with E-state index < -0.39 is 0 Å². The molecule has 0 bridgehead atoms. The van der Waals surface area contributed by atoms with Gasteiger partial charge in [0.1, 0.15) is 0 Å². The summed E-state index contributed by atoms with van der Waals surface area (Å²) in [5.74, 6) is 0.691. The number of nitrogens with one attached hydrogen (secondary N) is 1. The van der Waals surface area contributed by atoms with Gasteiger partial charge in [-0.2, -0.15) is 0 Å². The van der Waals surface area contributed by atoms with E-state index in [0.29, 0.717) is 12.0 Å². The van der Waals surface area contributed by atoms with Crippen LogP contribution in [0.5, 0.6) is 0 Å². The van der Waals surface area contributed by atoms with E-state index in [1.165, 1.54) is 12.8 Å². The highest BCUT2D eigenvalue weighted by atomic mass is 15.1. The average molecular weight is 242 g/mol. The Hall–Kier alpha value is -1.68. The molecule has 1 aromatic carbocycles. The zero-order valence-corrected chi connectivity index (χ0v) is 10.3. The molecule has 94 valence electrons. The lowest BCUT2D eigenvalue weighted by molar-refractivity contribution is 0.402. The molecular formula is C14H18N4. The quantitative estimate of drug-likeness (QED) is 0.848. The van der Waals surface area contributed by atoms with Crippen LogP contribution in [0.2, 0.25) is 0 Å². The minimum atomic E-state index is 0.217. The highest BCUT2D eigenvalue weighted by Gasteiger charge is 2.22. The van der Waals surface area contributed by atoms with Crippen LogP contribution in [0.3, 0.4) is 0 Å². The van der Waals surface area contributed by atoms with E-state index in [0.717, 1.165) is 23.7 Å². The maximum absolute atomic E-state index is 6.12. The van der Waals surface area contributed by atoms with Gasteiger partial charge in [0.25, 0.3) is 0 Å². The van der Waals surface area contributed by atoms with Crippen molar-refractivity contribution in [2.24, 2.45) is 5.73 Å². The summed E-state index contributed by atoms with van der Waals surface area (Å²) >= 11 is 0. The molecule has 0 unspecified atom stereocenters. The summed E-state index contributed by atoms with van der Waals surface area (Å²) in [4.78, 5) is 8.88. The number of anilines is 1. The first kappa shape index (κ1) is 11.4. The van der Waals surface area contributed by atoms with E-state index in [1.54, 1.807) is 0 Å². The normalized spacial score (nSPS) is 24.1. The van der Waals surface area contributed by atoms with Crippen molar-refractivity contribution in [1.29, 1.82) is 0 Å². The van der Waals surface area contributed by atoms with Crippen LogP contribution >= 0.6 is 0 Å². The van der Waals surface area contributed by atoms with E-state index in [1.807, 2.05) is 30.5 Å². The Balaban J connectivity index is 1.81. The Labute approximate surface area is 107 Å². The van der Waals surface area contributed by atoms with Crippen molar-refractivity contribution in [3.05, 3.63) is 30.5 Å². The standard InChI is InChI=1S/C14H18N4/c15-11-6-2-4-8-13(11)18-14-16-9-10-5-1-3-7-12(10)17-14/h1,3,5,7,9,11,13H,2,4,6,8,15H2,(H,16,17,18)/t11-,13-/m1/s1. The number of para-hydroxylation sites is 1. The summed E-state index contributed by atoms with van der Waals surface area (Å²) in [6.45, 7) is 0. The van der Waals surface area contributed by atoms with Gasteiger partial charge in [-0.15, -0.1) is 0 Å². The van der Waals surface area contributed by atoms with Crippen LogP contribution in [-0.2, 0) is 0 Å². The van der Waals surface area contributed by atoms with Gasteiger partial charge in [0.05, 0.1) is 5.52 Å². The van der Waals surface area contributed by atoms with E-state index in [-0.39, 0.29) is 6.04 Å². The summed E-state index contributed by atoms with van der Waals surface area (Å²) in [5, 5.41) is 4.44. The smallest absolute Gasteiger partial charge is 0.223 e. The Morgan fingerprint density at radius 3 is 2.89 bits per heavy atom. The minimum absolute atomic E-state index is 0.217. The molecule has 1 saturated carbocycles. The molecule has 4 nitrogen and oxygen atoms in total. The fourth-order valence-corrected chi connectivity index (χ4v) is 2.55. The number of fused-ring (bicyclic) bond motifs is 1. The van der Waals surface area contributed by atoms with Gasteiger partial charge in [-0.1, -0.05) is 31.0 Å². The second kappa shape index (κ2) is 4.90. The largest absolute Gasteiger partial charge is 0.350 e. The maximum Gasteiger partial charge on any atom is 0.223 e. The van der Waals surface area contributed by atoms with Crippen LogP contribution in [0, 0.1) is 0 Å². The monoisotopic (exact) mass is 242 g/mol. The fraction of sp³-hybridized carbons (Fsp3) is 0.429. The molecule has 1 aliphatic rings. The highest BCUT2D eigenvalue weighted by molar-refractivity contribution is 5.78. The van der Waals surface area contributed by atoms with E-state index in [4.69, 9.17) is 5.73 Å². The number of benzene rings is 1. The molecule has 2 atom stereocenters. The van der Waals surface area contributed by atoms with E-state index in [9.17, 15) is 0 Å². The lowest BCUT2D eigenvalue weighted by atomic mass is 9.91. The molecule has 1 aromatic heterocycles. The molecule has 0 amide bonds. The first-order valence-electron chi connectivity index (χ1n) is 6.57. The average Bonchev–Trinajstić information content (AvgIpc) is 2.41. The molecule has 18 heavy (non-hydrogen) atoms. The Morgan fingerprint density at radius 2 is 2.00 bits per heavy atom. The van der Waals surface area contributed by atoms with Gasteiger partial charge in [-0.05, 0) is 18.9 Å². The highest BCUT2D eigenvalue weighted by Crippen LogP contribution is 2.20. The van der Waals surface area contributed by atoms with Gasteiger partial charge in [0, 0.05) is 23.7 Å². The van der Waals surface area contributed by atoms with E-state index in [2.05, 4.69) is 15.3 Å². The molecule has 0 aliphatic heterocycles. The van der Waals surface area contributed by atoms with Gasteiger partial charge in [0.15, 0.2) is 0 Å². The van der Waals surface area contributed by atoms with Crippen LogP contribution in [0.1, 0.15) is 25.7 Å². The van der Waals surface area contributed by atoms with Crippen LogP contribution in [-0.4, -0.2) is 22.1 Å². The lowest BCUT2D eigenvalue weighted by Crippen LogP contribution is -2.42. The van der Waals surface area contributed by atoms with Gasteiger partial charge in [-0.3, -0.25) is 0 Å². The second-order valence-corrected chi connectivity index (χ2v) is 4.95. The number of nitrogens with two attached hydrogens (primary N) is 1. The minimum Gasteiger partial charge on any atom is -0.350 e. The zero-order valence-electron chi connectivity index (χ0n) is 10.3. The van der Waals surface area contributed by atoms with Crippen LogP contribution in [0.4, 0.5) is 5.95 Å². The topological polar surface area (TPSA) is 63.8 Å². The van der Waals surface area contributed by atoms with Crippen LogP contribution < -0.4 is 11.1 Å². The van der Waals surface area contributed by atoms with Crippen molar-refractivity contribution in [3.63, 3.8) is 0 Å². The lowest BCUT2D eigenvalue weighted by Gasteiger charge is -2.29. The number of hydrogen-bond acceptors (Lipinski definition) is 4. The molecule has 3 rings (SSSR count). The molecule has 4 heteroatoms. The van der Waals surface area contributed by atoms with Crippen molar-refractivity contribution < 1.29 is 0 Å². The molecule has 0 saturated heterocycles. The first-order valence-corrected chi connectivity index (χ1v) is 6.57. The molecule has 0 spiro atoms. The predicted octanol–water partition coefficient (Wildman–Crippen LogP) is 2.31. The Kier molecular flexibility index (Phi) is 3.11. The van der Waals surface area contributed by atoms with Crippen LogP contribution in [0.15, 0.2) is 30.5 Å². The third-order valence-corrected chi connectivity index (χ3v) is 3.62. The summed E-state index contributed by atoms with van der Waals surface area (Å²) in [7, 11) is 0. The first-order chi connectivity index (χ1) is 8.83. The number of aromatic nitrogens is 2. The zero-order chi connectivity index (χ0) is 12.4. The summed E-state index contributed by atoms with van der Waals surface area (Å²) in [6, 6.07) is 8.53. The van der Waals surface area contributed by atoms with Crippen molar-refractivity contribution in [3.8, 4) is 0 Å². The fourth-order valence-electron chi connectivity index (χ4n) is 2.55. The number of nitrogens with zero attached hydrogens (tertiary/aromatic N) is 2. The van der Waals surface area contributed by atoms with Gasteiger partial charge < -0.3 is 11.1 Å². The molecule has 1 fully saturated rings.